The molecule has 2 nitrogen and oxygen atoms in total. The number of hydrogen-bond donors (Lipinski definition) is 1. The van der Waals surface area contributed by atoms with E-state index in [1.807, 2.05) is 18.2 Å². The van der Waals surface area contributed by atoms with Gasteiger partial charge in [-0.25, -0.2) is 0 Å². The third kappa shape index (κ3) is 3.85. The van der Waals surface area contributed by atoms with Crippen LogP contribution in [0, 0.1) is 6.92 Å². The van der Waals surface area contributed by atoms with Crippen LogP contribution in [0.4, 0.5) is 0 Å². The van der Waals surface area contributed by atoms with Crippen LogP contribution in [0.2, 0.25) is 0 Å². The lowest BCUT2D eigenvalue weighted by Crippen LogP contribution is -2.31. The van der Waals surface area contributed by atoms with Crippen LogP contribution in [0.25, 0.3) is 0 Å². The summed E-state index contributed by atoms with van der Waals surface area (Å²) in [4.78, 5) is 1.14. The van der Waals surface area contributed by atoms with Crippen molar-refractivity contribution in [3.8, 4) is 5.75 Å². The second-order valence-electron chi connectivity index (χ2n) is 4.71. The Bertz CT molecular complexity index is 585. The molecule has 0 spiro atoms. The van der Waals surface area contributed by atoms with E-state index in [9.17, 15) is 0 Å². The van der Waals surface area contributed by atoms with Crippen LogP contribution in [-0.2, 0) is 0 Å². The van der Waals surface area contributed by atoms with Gasteiger partial charge < -0.3 is 10.5 Å². The highest BCUT2D eigenvalue weighted by Crippen LogP contribution is 2.35. The summed E-state index contributed by atoms with van der Waals surface area (Å²) in [6, 6.07) is 8.12. The molecule has 0 saturated heterocycles. The van der Waals surface area contributed by atoms with Gasteiger partial charge in [0, 0.05) is 20.8 Å². The van der Waals surface area contributed by atoms with Gasteiger partial charge in [0.25, 0.3) is 0 Å². The van der Waals surface area contributed by atoms with E-state index in [2.05, 4.69) is 57.2 Å². The van der Waals surface area contributed by atoms with Crippen LogP contribution in [0.3, 0.4) is 0 Å². The molecule has 2 atom stereocenters. The summed E-state index contributed by atoms with van der Waals surface area (Å²) in [6.45, 7) is 4.13. The van der Waals surface area contributed by atoms with Crippen LogP contribution in [-0.4, -0.2) is 6.04 Å². The number of rotatable bonds is 5. The third-order valence-electron chi connectivity index (χ3n) is 3.07. The molecule has 2 unspecified atom stereocenters. The number of halogens is 2. The highest BCUT2D eigenvalue weighted by Gasteiger charge is 2.23. The molecule has 0 aliphatic heterocycles. The minimum Gasteiger partial charge on any atom is -0.482 e. The number of benzene rings is 1. The smallest absolute Gasteiger partial charge is 0.148 e. The Balaban J connectivity index is 2.28. The van der Waals surface area contributed by atoms with Gasteiger partial charge in [0.1, 0.15) is 11.9 Å². The minimum atomic E-state index is -0.129. The molecule has 0 radical (unpaired) electrons. The summed E-state index contributed by atoms with van der Waals surface area (Å²) in [6.07, 6.45) is 0.735. The maximum atomic E-state index is 6.24. The maximum Gasteiger partial charge on any atom is 0.148 e. The number of thiophene rings is 1. The molecule has 2 aromatic rings. The van der Waals surface area contributed by atoms with Crippen LogP contribution in [0.15, 0.2) is 38.6 Å². The SMILES string of the molecule is CCC(N)C(Oc1ccc(C)cc1Br)c1cc(Br)cs1. The number of ether oxygens (including phenoxy) is 1. The molecule has 0 aliphatic rings. The van der Waals surface area contributed by atoms with Crippen LogP contribution < -0.4 is 10.5 Å². The van der Waals surface area contributed by atoms with Gasteiger partial charge in [-0.05, 0) is 69.0 Å². The summed E-state index contributed by atoms with van der Waals surface area (Å²) >= 11 is 8.70. The van der Waals surface area contributed by atoms with Crippen molar-refractivity contribution in [2.45, 2.75) is 32.4 Å². The monoisotopic (exact) mass is 417 g/mol. The van der Waals surface area contributed by atoms with E-state index in [4.69, 9.17) is 10.5 Å². The first kappa shape index (κ1) is 16.0. The van der Waals surface area contributed by atoms with Crippen molar-refractivity contribution in [3.63, 3.8) is 0 Å². The van der Waals surface area contributed by atoms with Crippen molar-refractivity contribution in [2.75, 3.05) is 0 Å². The fourth-order valence-electron chi connectivity index (χ4n) is 1.89. The Hall–Kier alpha value is -0.360. The van der Waals surface area contributed by atoms with E-state index < -0.39 is 0 Å². The lowest BCUT2D eigenvalue weighted by molar-refractivity contribution is 0.173. The molecule has 5 heteroatoms. The fourth-order valence-corrected chi connectivity index (χ4v) is 4.02. The van der Waals surface area contributed by atoms with E-state index in [0.717, 1.165) is 26.0 Å². The van der Waals surface area contributed by atoms with E-state index >= 15 is 0 Å². The summed E-state index contributed by atoms with van der Waals surface area (Å²) < 4.78 is 8.20. The highest BCUT2D eigenvalue weighted by molar-refractivity contribution is 9.10. The van der Waals surface area contributed by atoms with E-state index in [0.29, 0.717) is 0 Å². The molecular formula is C15H17Br2NOS. The topological polar surface area (TPSA) is 35.2 Å². The first-order chi connectivity index (χ1) is 9.51. The molecule has 0 saturated carbocycles. The molecular weight excluding hydrogens is 402 g/mol. The molecule has 1 heterocycles. The Morgan fingerprint density at radius 3 is 2.60 bits per heavy atom. The number of hydrogen-bond acceptors (Lipinski definition) is 3. The summed E-state index contributed by atoms with van der Waals surface area (Å²) in [5.74, 6) is 0.828. The molecule has 20 heavy (non-hydrogen) atoms. The van der Waals surface area contributed by atoms with Crippen molar-refractivity contribution in [3.05, 3.63) is 49.0 Å². The zero-order valence-electron chi connectivity index (χ0n) is 11.4. The Kier molecular flexibility index (Phi) is 5.66. The lowest BCUT2D eigenvalue weighted by atomic mass is 10.1. The largest absolute Gasteiger partial charge is 0.482 e. The van der Waals surface area contributed by atoms with Gasteiger partial charge in [-0.3, -0.25) is 0 Å². The normalized spacial score (nSPS) is 14.1. The molecule has 2 rings (SSSR count). The quantitative estimate of drug-likeness (QED) is 0.701. The molecule has 0 bridgehead atoms. The average Bonchev–Trinajstić information content (AvgIpc) is 2.83. The van der Waals surface area contributed by atoms with Crippen molar-refractivity contribution >= 4 is 43.2 Å². The minimum absolute atomic E-state index is 0.0336. The second kappa shape index (κ2) is 7.07. The van der Waals surface area contributed by atoms with Gasteiger partial charge in [0.2, 0.25) is 0 Å². The van der Waals surface area contributed by atoms with Crippen molar-refractivity contribution in [1.29, 1.82) is 0 Å². The van der Waals surface area contributed by atoms with E-state index in [-0.39, 0.29) is 12.1 Å². The van der Waals surface area contributed by atoms with Gasteiger partial charge in [-0.2, -0.15) is 0 Å². The predicted molar refractivity (Wildman–Crippen MR) is 92.5 cm³/mol. The highest BCUT2D eigenvalue weighted by atomic mass is 79.9. The first-order valence-electron chi connectivity index (χ1n) is 6.43. The second-order valence-corrected chi connectivity index (χ2v) is 7.42. The van der Waals surface area contributed by atoms with E-state index in [1.54, 1.807) is 11.3 Å². The molecule has 1 aromatic heterocycles. The van der Waals surface area contributed by atoms with Crippen LogP contribution in [0.5, 0.6) is 5.75 Å². The van der Waals surface area contributed by atoms with Gasteiger partial charge in [-0.15, -0.1) is 11.3 Å². The number of nitrogens with two attached hydrogens (primary N) is 1. The maximum absolute atomic E-state index is 6.24. The van der Waals surface area contributed by atoms with Crippen LogP contribution >= 0.6 is 43.2 Å². The number of aryl methyl sites for hydroxylation is 1. The average molecular weight is 419 g/mol. The van der Waals surface area contributed by atoms with Crippen molar-refractivity contribution in [2.24, 2.45) is 5.73 Å². The molecule has 2 N–H and O–H groups in total. The van der Waals surface area contributed by atoms with Gasteiger partial charge in [0.15, 0.2) is 0 Å². The zero-order chi connectivity index (χ0) is 14.7. The van der Waals surface area contributed by atoms with Gasteiger partial charge in [-0.1, -0.05) is 13.0 Å². The molecule has 0 amide bonds. The standard InChI is InChI=1S/C15H17Br2NOS/c1-3-12(18)15(14-7-10(16)8-20-14)19-13-5-4-9(2)6-11(13)17/h4-8,12,15H,3,18H2,1-2H3. The summed E-state index contributed by atoms with van der Waals surface area (Å²) in [5.41, 5.74) is 7.43. The van der Waals surface area contributed by atoms with E-state index in [1.165, 1.54) is 5.56 Å². The Labute approximate surface area is 140 Å². The Morgan fingerprint density at radius 1 is 1.30 bits per heavy atom. The first-order valence-corrected chi connectivity index (χ1v) is 8.90. The molecule has 0 fully saturated rings. The third-order valence-corrected chi connectivity index (χ3v) is 5.44. The van der Waals surface area contributed by atoms with Crippen molar-refractivity contribution < 1.29 is 4.74 Å². The molecule has 0 aliphatic carbocycles. The predicted octanol–water partition coefficient (Wildman–Crippen LogP) is 5.44. The summed E-state index contributed by atoms with van der Waals surface area (Å²) in [5, 5.41) is 2.05. The van der Waals surface area contributed by atoms with Gasteiger partial charge >= 0.3 is 0 Å². The van der Waals surface area contributed by atoms with Gasteiger partial charge in [0.05, 0.1) is 4.47 Å². The summed E-state index contributed by atoms with van der Waals surface area (Å²) in [7, 11) is 0. The Morgan fingerprint density at radius 2 is 2.05 bits per heavy atom. The fraction of sp³-hybridized carbons (Fsp3) is 0.333. The lowest BCUT2D eigenvalue weighted by Gasteiger charge is -2.24. The van der Waals surface area contributed by atoms with Crippen molar-refractivity contribution in [1.82, 2.24) is 0 Å². The van der Waals surface area contributed by atoms with Crippen LogP contribution in [0.1, 0.15) is 29.9 Å². The molecule has 1 aromatic carbocycles. The molecule has 108 valence electrons. The zero-order valence-corrected chi connectivity index (χ0v) is 15.4.